The van der Waals surface area contributed by atoms with Crippen LogP contribution in [0, 0.1) is 25.2 Å². The zero-order chi connectivity index (χ0) is 19.7. The second-order valence-electron chi connectivity index (χ2n) is 6.93. The molecule has 0 bridgehead atoms. The van der Waals surface area contributed by atoms with Crippen molar-refractivity contribution in [3.63, 3.8) is 0 Å². The minimum Gasteiger partial charge on any atom is -0.312 e. The van der Waals surface area contributed by atoms with E-state index >= 15 is 0 Å². The Hall–Kier alpha value is -2.21. The Morgan fingerprint density at radius 3 is 2.23 bits per heavy atom. The van der Waals surface area contributed by atoms with E-state index in [9.17, 15) is 18.5 Å². The number of carbonyl (C=O) groups is 1. The number of hydrogen-bond donors (Lipinski definition) is 2. The first kappa shape index (κ1) is 20.1. The van der Waals surface area contributed by atoms with E-state index in [0.717, 1.165) is 10.4 Å². The standard InChI is InChI=1S/C18H21N3O3S2/c1-11-12(2)25-17(15(11)10-19)20-16(22)13-6-8-14(9-7-13)26(23,24)21-18(3,4)5/h6-9,21H,1-5H3,(H,20,22). The van der Waals surface area contributed by atoms with Crippen LogP contribution in [0.1, 0.15) is 47.1 Å². The predicted octanol–water partition coefficient (Wildman–Crippen LogP) is 3.57. The molecule has 0 fully saturated rings. The van der Waals surface area contributed by atoms with Gasteiger partial charge in [0, 0.05) is 16.0 Å². The van der Waals surface area contributed by atoms with Gasteiger partial charge in [-0.1, -0.05) is 0 Å². The maximum Gasteiger partial charge on any atom is 0.256 e. The summed E-state index contributed by atoms with van der Waals surface area (Å²) >= 11 is 1.34. The van der Waals surface area contributed by atoms with Crippen molar-refractivity contribution in [2.45, 2.75) is 45.1 Å². The molecule has 0 saturated heterocycles. The molecule has 2 rings (SSSR count). The lowest BCUT2D eigenvalue weighted by Gasteiger charge is -2.20. The van der Waals surface area contributed by atoms with Crippen LogP contribution in [0.25, 0.3) is 0 Å². The molecule has 2 aromatic rings. The Labute approximate surface area is 157 Å². The van der Waals surface area contributed by atoms with E-state index in [1.165, 1.54) is 35.6 Å². The summed E-state index contributed by atoms with van der Waals surface area (Å²) in [6.07, 6.45) is 0. The van der Waals surface area contributed by atoms with E-state index in [-0.39, 0.29) is 4.90 Å². The normalized spacial score (nSPS) is 11.8. The molecule has 26 heavy (non-hydrogen) atoms. The highest BCUT2D eigenvalue weighted by Crippen LogP contribution is 2.32. The van der Waals surface area contributed by atoms with Gasteiger partial charge in [-0.3, -0.25) is 4.79 Å². The van der Waals surface area contributed by atoms with E-state index in [0.29, 0.717) is 16.1 Å². The topological polar surface area (TPSA) is 99.1 Å². The first-order valence-electron chi connectivity index (χ1n) is 7.90. The summed E-state index contributed by atoms with van der Waals surface area (Å²) in [5.41, 5.74) is 1.02. The minimum absolute atomic E-state index is 0.0875. The fourth-order valence-corrected chi connectivity index (χ4v) is 4.70. The summed E-state index contributed by atoms with van der Waals surface area (Å²) in [5, 5.41) is 12.5. The summed E-state index contributed by atoms with van der Waals surface area (Å²) in [6.45, 7) is 8.98. The van der Waals surface area contributed by atoms with Crippen molar-refractivity contribution >= 4 is 32.3 Å². The Balaban J connectivity index is 2.23. The highest BCUT2D eigenvalue weighted by Gasteiger charge is 2.22. The van der Waals surface area contributed by atoms with Gasteiger partial charge >= 0.3 is 0 Å². The quantitative estimate of drug-likeness (QED) is 0.832. The molecule has 6 nitrogen and oxygen atoms in total. The number of sulfonamides is 1. The van der Waals surface area contributed by atoms with Gasteiger partial charge in [0.05, 0.1) is 10.5 Å². The number of nitrogens with zero attached hydrogens (tertiary/aromatic N) is 1. The smallest absolute Gasteiger partial charge is 0.256 e. The third-order valence-electron chi connectivity index (χ3n) is 3.59. The molecule has 1 aromatic carbocycles. The van der Waals surface area contributed by atoms with Crippen LogP contribution in [0.2, 0.25) is 0 Å². The van der Waals surface area contributed by atoms with Crippen LogP contribution in [0.3, 0.4) is 0 Å². The first-order chi connectivity index (χ1) is 11.9. The summed E-state index contributed by atoms with van der Waals surface area (Å²) in [7, 11) is -3.65. The Bertz CT molecular complexity index is 976. The maximum atomic E-state index is 12.4. The van der Waals surface area contributed by atoms with Crippen LogP contribution in [0.15, 0.2) is 29.2 Å². The fourth-order valence-electron chi connectivity index (χ4n) is 2.27. The molecule has 0 saturated carbocycles. The third kappa shape index (κ3) is 4.49. The zero-order valence-electron chi connectivity index (χ0n) is 15.3. The van der Waals surface area contributed by atoms with Gasteiger partial charge in [0.25, 0.3) is 5.91 Å². The van der Waals surface area contributed by atoms with Gasteiger partial charge in [-0.15, -0.1) is 11.3 Å². The second-order valence-corrected chi connectivity index (χ2v) is 9.84. The van der Waals surface area contributed by atoms with Crippen LogP contribution in [0.4, 0.5) is 5.00 Å². The van der Waals surface area contributed by atoms with Crippen LogP contribution >= 0.6 is 11.3 Å². The second kappa shape index (κ2) is 7.19. The van der Waals surface area contributed by atoms with Crippen LogP contribution in [0.5, 0.6) is 0 Å². The molecule has 0 aliphatic heterocycles. The number of benzene rings is 1. The molecule has 0 aliphatic rings. The van der Waals surface area contributed by atoms with Gasteiger partial charge in [-0.05, 0) is 64.4 Å². The number of amides is 1. The van der Waals surface area contributed by atoms with Crippen molar-refractivity contribution in [2.24, 2.45) is 0 Å². The lowest BCUT2D eigenvalue weighted by molar-refractivity contribution is 0.102. The van der Waals surface area contributed by atoms with Crippen molar-refractivity contribution < 1.29 is 13.2 Å². The molecule has 1 aromatic heterocycles. The molecule has 2 N–H and O–H groups in total. The molecular weight excluding hydrogens is 370 g/mol. The highest BCUT2D eigenvalue weighted by molar-refractivity contribution is 7.89. The molecule has 8 heteroatoms. The molecule has 0 spiro atoms. The summed E-state index contributed by atoms with van der Waals surface area (Å²) < 4.78 is 27.2. The largest absolute Gasteiger partial charge is 0.312 e. The first-order valence-corrected chi connectivity index (χ1v) is 10.2. The van der Waals surface area contributed by atoms with Crippen LogP contribution < -0.4 is 10.0 Å². The number of rotatable bonds is 4. The third-order valence-corrected chi connectivity index (χ3v) is 6.49. The Morgan fingerprint density at radius 2 is 1.73 bits per heavy atom. The highest BCUT2D eigenvalue weighted by atomic mass is 32.2. The molecule has 138 valence electrons. The monoisotopic (exact) mass is 391 g/mol. The average Bonchev–Trinajstić information content (AvgIpc) is 2.79. The lowest BCUT2D eigenvalue weighted by Crippen LogP contribution is -2.40. The lowest BCUT2D eigenvalue weighted by atomic mass is 10.1. The molecular formula is C18H21N3O3S2. The number of thiophene rings is 1. The Kier molecular flexibility index (Phi) is 5.56. The van der Waals surface area contributed by atoms with Crippen molar-refractivity contribution in [2.75, 3.05) is 5.32 Å². The number of nitriles is 1. The molecule has 0 unspecified atom stereocenters. The van der Waals surface area contributed by atoms with Crippen molar-refractivity contribution in [3.05, 3.63) is 45.8 Å². The minimum atomic E-state index is -3.65. The number of anilines is 1. The van der Waals surface area contributed by atoms with Gasteiger partial charge in [0.15, 0.2) is 0 Å². The SMILES string of the molecule is Cc1sc(NC(=O)c2ccc(S(=O)(=O)NC(C)(C)C)cc2)c(C#N)c1C. The molecule has 1 amide bonds. The molecule has 1 heterocycles. The van der Waals surface area contributed by atoms with Crippen molar-refractivity contribution in [1.29, 1.82) is 5.26 Å². The van der Waals surface area contributed by atoms with Crippen LogP contribution in [-0.2, 0) is 10.0 Å². The maximum absolute atomic E-state index is 12.4. The van der Waals surface area contributed by atoms with E-state index in [1.54, 1.807) is 20.8 Å². The van der Waals surface area contributed by atoms with Gasteiger partial charge in [-0.25, -0.2) is 13.1 Å². The average molecular weight is 392 g/mol. The zero-order valence-corrected chi connectivity index (χ0v) is 16.9. The Morgan fingerprint density at radius 1 is 1.15 bits per heavy atom. The predicted molar refractivity (Wildman–Crippen MR) is 103 cm³/mol. The van der Waals surface area contributed by atoms with Gasteiger partial charge in [0.1, 0.15) is 11.1 Å². The van der Waals surface area contributed by atoms with E-state index in [4.69, 9.17) is 0 Å². The van der Waals surface area contributed by atoms with E-state index in [2.05, 4.69) is 16.1 Å². The van der Waals surface area contributed by atoms with Gasteiger partial charge in [-0.2, -0.15) is 5.26 Å². The van der Waals surface area contributed by atoms with Crippen molar-refractivity contribution in [1.82, 2.24) is 4.72 Å². The van der Waals surface area contributed by atoms with Crippen LogP contribution in [-0.4, -0.2) is 19.9 Å². The van der Waals surface area contributed by atoms with Crippen molar-refractivity contribution in [3.8, 4) is 6.07 Å². The number of aryl methyl sites for hydroxylation is 1. The van der Waals surface area contributed by atoms with E-state index < -0.39 is 21.5 Å². The van der Waals surface area contributed by atoms with Gasteiger partial charge in [0.2, 0.25) is 10.0 Å². The fraction of sp³-hybridized carbons (Fsp3) is 0.333. The summed E-state index contributed by atoms with van der Waals surface area (Å²) in [5.74, 6) is -0.393. The molecule has 0 radical (unpaired) electrons. The summed E-state index contributed by atoms with van der Waals surface area (Å²) in [4.78, 5) is 13.5. The number of nitrogens with one attached hydrogen (secondary N) is 2. The number of hydrogen-bond acceptors (Lipinski definition) is 5. The summed E-state index contributed by atoms with van der Waals surface area (Å²) in [6, 6.07) is 7.78. The van der Waals surface area contributed by atoms with E-state index in [1.807, 2.05) is 13.8 Å². The molecule has 0 atom stereocenters. The number of carbonyl (C=O) groups excluding carboxylic acids is 1. The molecule has 0 aliphatic carbocycles. The van der Waals surface area contributed by atoms with Gasteiger partial charge < -0.3 is 5.32 Å².